The van der Waals surface area contributed by atoms with Crippen molar-refractivity contribution >= 4 is 17.6 Å². The molecule has 20 heavy (non-hydrogen) atoms. The molecule has 1 aromatic carbocycles. The summed E-state index contributed by atoms with van der Waals surface area (Å²) < 4.78 is 6.00. The Morgan fingerprint density at radius 3 is 2.70 bits per heavy atom. The summed E-state index contributed by atoms with van der Waals surface area (Å²) >= 11 is 5.87. The van der Waals surface area contributed by atoms with Crippen LogP contribution in [0.25, 0.3) is 5.69 Å². The van der Waals surface area contributed by atoms with E-state index in [0.29, 0.717) is 16.5 Å². The Morgan fingerprint density at radius 2 is 2.10 bits per heavy atom. The van der Waals surface area contributed by atoms with Crippen LogP contribution in [-0.2, 0) is 0 Å². The predicted molar refractivity (Wildman–Crippen MR) is 71.2 cm³/mol. The number of aromatic nitrogens is 2. The lowest BCUT2D eigenvalue weighted by Gasteiger charge is -2.09. The Kier molecular flexibility index (Phi) is 3.62. The lowest BCUT2D eigenvalue weighted by Crippen LogP contribution is -2.32. The molecule has 0 aliphatic carbocycles. The van der Waals surface area contributed by atoms with Gasteiger partial charge in [0.25, 0.3) is 5.56 Å². The second-order valence-electron chi connectivity index (χ2n) is 3.80. The van der Waals surface area contributed by atoms with Crippen molar-refractivity contribution in [3.63, 3.8) is 0 Å². The highest BCUT2D eigenvalue weighted by atomic mass is 35.5. The van der Waals surface area contributed by atoms with E-state index in [1.165, 1.54) is 25.3 Å². The Balaban J connectivity index is 2.69. The zero-order valence-electron chi connectivity index (χ0n) is 10.2. The monoisotopic (exact) mass is 296 g/mol. The average Bonchev–Trinajstić information content (AvgIpc) is 2.39. The molecule has 1 heterocycles. The summed E-state index contributed by atoms with van der Waals surface area (Å²) in [6.45, 7) is 0. The molecule has 0 saturated carbocycles. The maximum Gasteiger partial charge on any atom is 0.342 e. The summed E-state index contributed by atoms with van der Waals surface area (Å²) in [6, 6.07) is 4.44. The molecule has 0 spiro atoms. The summed E-state index contributed by atoms with van der Waals surface area (Å²) in [5.74, 6) is -1.11. The Labute approximate surface area is 117 Å². The number of aromatic carboxylic acids is 1. The van der Waals surface area contributed by atoms with Crippen molar-refractivity contribution in [2.75, 3.05) is 7.11 Å². The fourth-order valence-corrected chi connectivity index (χ4v) is 1.81. The van der Waals surface area contributed by atoms with Crippen molar-refractivity contribution in [3.05, 3.63) is 55.8 Å². The Hall–Kier alpha value is -2.54. The number of ether oxygens (including phenoxy) is 1. The summed E-state index contributed by atoms with van der Waals surface area (Å²) in [5, 5.41) is 9.23. The molecule has 1 aromatic heterocycles. The van der Waals surface area contributed by atoms with Gasteiger partial charge >= 0.3 is 11.7 Å². The molecule has 2 rings (SSSR count). The van der Waals surface area contributed by atoms with Gasteiger partial charge in [-0.1, -0.05) is 11.6 Å². The van der Waals surface area contributed by atoms with E-state index < -0.39 is 22.8 Å². The van der Waals surface area contributed by atoms with Crippen molar-refractivity contribution in [2.24, 2.45) is 0 Å². The molecule has 2 aromatic rings. The molecular weight excluding hydrogens is 288 g/mol. The van der Waals surface area contributed by atoms with Gasteiger partial charge in [-0.15, -0.1) is 0 Å². The minimum Gasteiger partial charge on any atom is -0.495 e. The number of halogens is 1. The van der Waals surface area contributed by atoms with Gasteiger partial charge in [0, 0.05) is 12.3 Å². The maximum atomic E-state index is 11.7. The smallest absolute Gasteiger partial charge is 0.342 e. The Bertz CT molecular complexity index is 793. The summed E-state index contributed by atoms with van der Waals surface area (Å²) in [5.41, 5.74) is -1.95. The standard InChI is InChI=1S/C12H9ClN2O5/c1-20-9-4-6(2-3-8(9)13)15-5-7(11(17)18)10(16)14-12(15)19/h2-5H,1H3,(H,17,18)(H,14,16,19). The molecule has 0 saturated heterocycles. The number of H-pyrrole nitrogens is 1. The van der Waals surface area contributed by atoms with Crippen molar-refractivity contribution in [2.45, 2.75) is 0 Å². The zero-order valence-corrected chi connectivity index (χ0v) is 11.0. The second-order valence-corrected chi connectivity index (χ2v) is 4.20. The van der Waals surface area contributed by atoms with Crippen LogP contribution in [0.4, 0.5) is 0 Å². The topological polar surface area (TPSA) is 101 Å². The number of carboxylic acid groups (broad SMARTS) is 1. The normalized spacial score (nSPS) is 10.3. The highest BCUT2D eigenvalue weighted by Gasteiger charge is 2.13. The average molecular weight is 297 g/mol. The van der Waals surface area contributed by atoms with Gasteiger partial charge in [-0.05, 0) is 12.1 Å². The van der Waals surface area contributed by atoms with Crippen LogP contribution in [0, 0.1) is 0 Å². The minimum atomic E-state index is -1.43. The predicted octanol–water partition coefficient (Wildman–Crippen LogP) is 0.886. The first-order valence-corrected chi connectivity index (χ1v) is 5.75. The SMILES string of the molecule is COc1cc(-n2cc(C(=O)O)c(=O)[nH]c2=O)ccc1Cl. The maximum absolute atomic E-state index is 11.7. The first kappa shape index (κ1) is 13.9. The lowest BCUT2D eigenvalue weighted by molar-refractivity contribution is 0.0694. The van der Waals surface area contributed by atoms with Gasteiger partial charge in [-0.25, -0.2) is 9.59 Å². The number of hydrogen-bond acceptors (Lipinski definition) is 4. The van der Waals surface area contributed by atoms with Crippen molar-refractivity contribution in [3.8, 4) is 11.4 Å². The molecule has 104 valence electrons. The number of methoxy groups -OCH3 is 1. The first-order chi connectivity index (χ1) is 9.43. The second kappa shape index (κ2) is 5.22. The van der Waals surface area contributed by atoms with E-state index in [2.05, 4.69) is 0 Å². The van der Waals surface area contributed by atoms with Gasteiger partial charge in [0.05, 0.1) is 17.8 Å². The molecule has 0 atom stereocenters. The quantitative estimate of drug-likeness (QED) is 0.875. The Morgan fingerprint density at radius 1 is 1.40 bits per heavy atom. The fraction of sp³-hybridized carbons (Fsp3) is 0.0833. The third-order valence-corrected chi connectivity index (χ3v) is 2.90. The summed E-state index contributed by atoms with van der Waals surface area (Å²) in [4.78, 5) is 35.9. The highest BCUT2D eigenvalue weighted by Crippen LogP contribution is 2.26. The molecule has 0 bridgehead atoms. The van der Waals surface area contributed by atoms with Crippen molar-refractivity contribution in [1.29, 1.82) is 0 Å². The number of benzene rings is 1. The van der Waals surface area contributed by atoms with E-state index in [-0.39, 0.29) is 0 Å². The van der Waals surface area contributed by atoms with E-state index in [9.17, 15) is 14.4 Å². The third-order valence-electron chi connectivity index (χ3n) is 2.59. The van der Waals surface area contributed by atoms with Gasteiger partial charge in [0.15, 0.2) is 0 Å². The lowest BCUT2D eigenvalue weighted by atomic mass is 10.2. The molecule has 0 aliphatic heterocycles. The van der Waals surface area contributed by atoms with Crippen LogP contribution < -0.4 is 16.0 Å². The van der Waals surface area contributed by atoms with Gasteiger partial charge in [-0.2, -0.15) is 0 Å². The minimum absolute atomic E-state index is 0.315. The van der Waals surface area contributed by atoms with Crippen molar-refractivity contribution < 1.29 is 14.6 Å². The molecule has 0 radical (unpaired) electrons. The third kappa shape index (κ3) is 2.43. The van der Waals surface area contributed by atoms with Crippen LogP contribution in [0.15, 0.2) is 34.0 Å². The van der Waals surface area contributed by atoms with E-state index >= 15 is 0 Å². The van der Waals surface area contributed by atoms with Crippen LogP contribution in [-0.4, -0.2) is 27.7 Å². The number of rotatable bonds is 3. The van der Waals surface area contributed by atoms with Gasteiger partial charge in [-0.3, -0.25) is 14.3 Å². The molecule has 2 N–H and O–H groups in total. The van der Waals surface area contributed by atoms with E-state index in [1.54, 1.807) is 0 Å². The van der Waals surface area contributed by atoms with Gasteiger partial charge in [0.2, 0.25) is 0 Å². The molecular formula is C12H9ClN2O5. The summed E-state index contributed by atoms with van der Waals surface area (Å²) in [7, 11) is 1.41. The van der Waals surface area contributed by atoms with E-state index in [4.69, 9.17) is 21.4 Å². The number of nitrogens with one attached hydrogen (secondary N) is 1. The van der Waals surface area contributed by atoms with Crippen LogP contribution >= 0.6 is 11.6 Å². The largest absolute Gasteiger partial charge is 0.495 e. The number of carboxylic acids is 1. The first-order valence-electron chi connectivity index (χ1n) is 5.37. The van der Waals surface area contributed by atoms with Crippen LogP contribution in [0.2, 0.25) is 5.02 Å². The van der Waals surface area contributed by atoms with Gasteiger partial charge in [0.1, 0.15) is 11.3 Å². The van der Waals surface area contributed by atoms with Crippen LogP contribution in [0.3, 0.4) is 0 Å². The molecule has 0 amide bonds. The van der Waals surface area contributed by atoms with Crippen LogP contribution in [0.1, 0.15) is 10.4 Å². The molecule has 0 aliphatic rings. The molecule has 8 heteroatoms. The zero-order chi connectivity index (χ0) is 14.9. The number of hydrogen-bond donors (Lipinski definition) is 2. The molecule has 0 unspecified atom stereocenters. The number of carbonyl (C=O) groups is 1. The van der Waals surface area contributed by atoms with Crippen LogP contribution in [0.5, 0.6) is 5.75 Å². The molecule has 0 fully saturated rings. The number of nitrogens with zero attached hydrogens (tertiary/aromatic N) is 1. The van der Waals surface area contributed by atoms with Crippen molar-refractivity contribution in [1.82, 2.24) is 9.55 Å². The van der Waals surface area contributed by atoms with E-state index in [0.717, 1.165) is 10.8 Å². The molecule has 7 nitrogen and oxygen atoms in total. The van der Waals surface area contributed by atoms with Gasteiger partial charge < -0.3 is 9.84 Å². The number of aromatic amines is 1. The fourth-order valence-electron chi connectivity index (χ4n) is 1.61. The van der Waals surface area contributed by atoms with E-state index in [1.807, 2.05) is 4.98 Å². The highest BCUT2D eigenvalue weighted by molar-refractivity contribution is 6.32. The summed E-state index contributed by atoms with van der Waals surface area (Å²) in [6.07, 6.45) is 0.951.